The smallest absolute Gasteiger partial charge is 0.358 e. The van der Waals surface area contributed by atoms with Gasteiger partial charge in [-0.25, -0.2) is 9.78 Å². The van der Waals surface area contributed by atoms with Crippen molar-refractivity contribution in [3.8, 4) is 10.6 Å². The molecule has 19 heavy (non-hydrogen) atoms. The Hall–Kier alpha value is -2.08. The van der Waals surface area contributed by atoms with Crippen molar-refractivity contribution in [3.63, 3.8) is 0 Å². The molecular weight excluding hydrogens is 264 g/mol. The average molecular weight is 276 g/mol. The van der Waals surface area contributed by atoms with Crippen molar-refractivity contribution < 1.29 is 14.3 Å². The summed E-state index contributed by atoms with van der Waals surface area (Å²) in [5, 5.41) is 0.594. The van der Waals surface area contributed by atoms with Crippen LogP contribution in [0.15, 0.2) is 18.5 Å². The minimum Gasteiger partial charge on any atom is -0.464 e. The van der Waals surface area contributed by atoms with Crippen LogP contribution >= 0.6 is 11.3 Å². The molecule has 0 saturated carbocycles. The molecule has 0 fully saturated rings. The lowest BCUT2D eigenvalue weighted by Gasteiger charge is -1.99. The summed E-state index contributed by atoms with van der Waals surface area (Å²) in [4.78, 5) is 31.7. The third-order valence-corrected chi connectivity index (χ3v) is 3.78. The van der Waals surface area contributed by atoms with Crippen LogP contribution in [-0.4, -0.2) is 28.8 Å². The van der Waals surface area contributed by atoms with Crippen LogP contribution in [0.4, 0.5) is 0 Å². The van der Waals surface area contributed by atoms with Gasteiger partial charge in [0.05, 0.1) is 7.11 Å². The van der Waals surface area contributed by atoms with Gasteiger partial charge in [-0.05, 0) is 18.6 Å². The van der Waals surface area contributed by atoms with Crippen LogP contribution in [0.25, 0.3) is 10.6 Å². The number of aryl methyl sites for hydroxylation is 1. The molecule has 0 spiro atoms. The number of aromatic nitrogens is 2. The lowest BCUT2D eigenvalue weighted by Crippen LogP contribution is -2.06. The average Bonchev–Trinajstić information content (AvgIpc) is 2.83. The van der Waals surface area contributed by atoms with Crippen LogP contribution in [0.3, 0.4) is 0 Å². The second-order valence-corrected chi connectivity index (χ2v) is 4.93. The maximum Gasteiger partial charge on any atom is 0.358 e. The number of ketones is 1. The number of rotatable bonds is 3. The summed E-state index contributed by atoms with van der Waals surface area (Å²) >= 11 is 1.18. The normalized spacial score (nSPS) is 10.3. The van der Waals surface area contributed by atoms with Crippen molar-refractivity contribution in [3.05, 3.63) is 34.6 Å². The van der Waals surface area contributed by atoms with Gasteiger partial charge in [0, 0.05) is 24.9 Å². The van der Waals surface area contributed by atoms with E-state index in [0.29, 0.717) is 9.88 Å². The van der Waals surface area contributed by atoms with E-state index in [1.165, 1.54) is 25.4 Å². The topological polar surface area (TPSA) is 69.2 Å². The number of carbonyl (C=O) groups is 2. The first-order chi connectivity index (χ1) is 9.04. The van der Waals surface area contributed by atoms with Gasteiger partial charge in [-0.1, -0.05) is 0 Å². The molecule has 2 aromatic heterocycles. The van der Waals surface area contributed by atoms with E-state index in [1.807, 2.05) is 13.0 Å². The van der Waals surface area contributed by atoms with Crippen LogP contribution in [0, 0.1) is 6.92 Å². The number of Topliss-reactive ketones (excluding diaryl/α,β-unsaturated/α-hetero) is 1. The van der Waals surface area contributed by atoms with Crippen LogP contribution in [0.2, 0.25) is 0 Å². The summed E-state index contributed by atoms with van der Waals surface area (Å²) in [6.07, 6.45) is 3.35. The Morgan fingerprint density at radius 2 is 2.11 bits per heavy atom. The monoisotopic (exact) mass is 276 g/mol. The highest BCUT2D eigenvalue weighted by Crippen LogP contribution is 2.30. The van der Waals surface area contributed by atoms with Crippen molar-refractivity contribution in [2.45, 2.75) is 13.8 Å². The Kier molecular flexibility index (Phi) is 3.71. The van der Waals surface area contributed by atoms with Gasteiger partial charge in [0.15, 0.2) is 11.5 Å². The first-order valence-corrected chi connectivity index (χ1v) is 6.37. The molecule has 0 radical (unpaired) electrons. The molecule has 0 amide bonds. The molecule has 5 nitrogen and oxygen atoms in total. The number of esters is 1. The van der Waals surface area contributed by atoms with Gasteiger partial charge >= 0.3 is 5.97 Å². The van der Waals surface area contributed by atoms with Crippen molar-refractivity contribution in [2.75, 3.05) is 7.11 Å². The molecule has 0 unspecified atom stereocenters. The highest BCUT2D eigenvalue weighted by atomic mass is 32.1. The Bertz CT molecular complexity index is 649. The fraction of sp³-hybridized carbons (Fsp3) is 0.231. The molecular formula is C13H12N2O3S. The molecule has 0 aliphatic carbocycles. The SMILES string of the molecule is COC(=O)c1nc(-c2cnccc2C)sc1C(C)=O. The molecule has 2 rings (SSSR count). The fourth-order valence-corrected chi connectivity index (χ4v) is 2.62. The molecule has 0 aliphatic heterocycles. The van der Waals surface area contributed by atoms with Crippen molar-refractivity contribution in [1.29, 1.82) is 0 Å². The van der Waals surface area contributed by atoms with Crippen LogP contribution in [0.1, 0.15) is 32.6 Å². The lowest BCUT2D eigenvalue weighted by molar-refractivity contribution is 0.0591. The number of methoxy groups -OCH3 is 1. The number of thiazole rings is 1. The van der Waals surface area contributed by atoms with Crippen molar-refractivity contribution in [1.82, 2.24) is 9.97 Å². The van der Waals surface area contributed by atoms with Crippen molar-refractivity contribution >= 4 is 23.1 Å². The van der Waals surface area contributed by atoms with E-state index in [1.54, 1.807) is 12.4 Å². The van der Waals surface area contributed by atoms with Crippen molar-refractivity contribution in [2.24, 2.45) is 0 Å². The Morgan fingerprint density at radius 3 is 2.68 bits per heavy atom. The van der Waals surface area contributed by atoms with Gasteiger partial charge in [0.2, 0.25) is 0 Å². The molecule has 0 aromatic carbocycles. The minimum absolute atomic E-state index is 0.0678. The summed E-state index contributed by atoms with van der Waals surface area (Å²) in [7, 11) is 1.26. The van der Waals surface area contributed by atoms with Crippen LogP contribution in [-0.2, 0) is 4.74 Å². The highest BCUT2D eigenvalue weighted by Gasteiger charge is 2.22. The lowest BCUT2D eigenvalue weighted by atomic mass is 10.2. The first-order valence-electron chi connectivity index (χ1n) is 5.55. The summed E-state index contributed by atoms with van der Waals surface area (Å²) in [5.74, 6) is -0.806. The Morgan fingerprint density at radius 1 is 1.37 bits per heavy atom. The summed E-state index contributed by atoms with van der Waals surface area (Å²) < 4.78 is 4.64. The predicted molar refractivity (Wildman–Crippen MR) is 71.4 cm³/mol. The van der Waals surface area contributed by atoms with E-state index < -0.39 is 5.97 Å². The molecule has 2 heterocycles. The van der Waals surface area contributed by atoms with Gasteiger partial charge in [0.1, 0.15) is 9.88 Å². The fourth-order valence-electron chi connectivity index (χ4n) is 1.60. The zero-order valence-corrected chi connectivity index (χ0v) is 11.6. The number of hydrogen-bond acceptors (Lipinski definition) is 6. The quantitative estimate of drug-likeness (QED) is 0.636. The maximum atomic E-state index is 11.6. The molecule has 0 N–H and O–H groups in total. The minimum atomic E-state index is -0.603. The molecule has 0 aliphatic rings. The summed E-state index contributed by atoms with van der Waals surface area (Å²) in [5.41, 5.74) is 1.86. The third-order valence-electron chi connectivity index (χ3n) is 2.60. The second-order valence-electron chi connectivity index (χ2n) is 3.94. The summed E-state index contributed by atoms with van der Waals surface area (Å²) in [6.45, 7) is 3.32. The van der Waals surface area contributed by atoms with E-state index in [0.717, 1.165) is 11.1 Å². The van der Waals surface area contributed by atoms with Gasteiger partial charge in [-0.2, -0.15) is 0 Å². The summed E-state index contributed by atoms with van der Waals surface area (Å²) in [6, 6.07) is 1.85. The van der Waals surface area contributed by atoms with E-state index >= 15 is 0 Å². The number of carbonyl (C=O) groups excluding carboxylic acids is 2. The van der Waals surface area contributed by atoms with Crippen LogP contribution in [0.5, 0.6) is 0 Å². The number of ether oxygens (including phenoxy) is 1. The van der Waals surface area contributed by atoms with Crippen LogP contribution < -0.4 is 0 Å². The van der Waals surface area contributed by atoms with Gasteiger partial charge in [-0.15, -0.1) is 11.3 Å². The molecule has 0 saturated heterocycles. The highest BCUT2D eigenvalue weighted by molar-refractivity contribution is 7.17. The Balaban J connectivity index is 2.58. The number of nitrogens with zero attached hydrogens (tertiary/aromatic N) is 2. The first kappa shape index (κ1) is 13.4. The maximum absolute atomic E-state index is 11.6. The van der Waals surface area contributed by atoms with Gasteiger partial charge in [-0.3, -0.25) is 9.78 Å². The zero-order chi connectivity index (χ0) is 14.0. The van der Waals surface area contributed by atoms with E-state index in [9.17, 15) is 9.59 Å². The zero-order valence-electron chi connectivity index (χ0n) is 10.8. The van der Waals surface area contributed by atoms with E-state index in [4.69, 9.17) is 0 Å². The van der Waals surface area contributed by atoms with E-state index in [-0.39, 0.29) is 11.5 Å². The predicted octanol–water partition coefficient (Wildman–Crippen LogP) is 2.50. The molecule has 0 bridgehead atoms. The molecule has 6 heteroatoms. The standard InChI is InChI=1S/C13H12N2O3S/c1-7-4-5-14-6-9(7)12-15-10(13(17)18-3)11(19-12)8(2)16/h4-6H,1-3H3. The molecule has 0 atom stereocenters. The van der Waals surface area contributed by atoms with Gasteiger partial charge in [0.25, 0.3) is 0 Å². The largest absolute Gasteiger partial charge is 0.464 e. The van der Waals surface area contributed by atoms with E-state index in [2.05, 4.69) is 14.7 Å². The number of pyridine rings is 1. The molecule has 98 valence electrons. The molecule has 2 aromatic rings. The number of hydrogen-bond donors (Lipinski definition) is 0. The second kappa shape index (κ2) is 5.27. The Labute approximate surface area is 114 Å². The third kappa shape index (κ3) is 2.53. The van der Waals surface area contributed by atoms with Gasteiger partial charge < -0.3 is 4.74 Å².